The maximum absolute atomic E-state index is 6.00. The van der Waals surface area contributed by atoms with Crippen molar-refractivity contribution in [3.05, 3.63) is 53.2 Å². The Bertz CT molecular complexity index is 843. The smallest absolute Gasteiger partial charge is 0.191 e. The van der Waals surface area contributed by atoms with E-state index in [1.165, 1.54) is 24.0 Å². The quantitative estimate of drug-likeness (QED) is 0.509. The highest BCUT2D eigenvalue weighted by atomic mass is 16.5. The van der Waals surface area contributed by atoms with E-state index < -0.39 is 0 Å². The summed E-state index contributed by atoms with van der Waals surface area (Å²) in [6.07, 6.45) is 4.53. The molecule has 0 radical (unpaired) electrons. The van der Waals surface area contributed by atoms with E-state index >= 15 is 0 Å². The fourth-order valence-corrected chi connectivity index (χ4v) is 3.54. The molecule has 0 amide bonds. The largest absolute Gasteiger partial charge is 0.491 e. The number of nitrogens with zero attached hydrogens (tertiary/aromatic N) is 3. The molecule has 0 unspecified atom stereocenters. The Morgan fingerprint density at radius 1 is 1.17 bits per heavy atom. The van der Waals surface area contributed by atoms with E-state index in [1.807, 2.05) is 12.3 Å². The molecule has 1 aliphatic heterocycles. The van der Waals surface area contributed by atoms with Crippen LogP contribution in [-0.2, 0) is 13.1 Å². The Morgan fingerprint density at radius 2 is 1.97 bits per heavy atom. The van der Waals surface area contributed by atoms with E-state index in [2.05, 4.69) is 72.5 Å². The molecule has 162 valence electrons. The van der Waals surface area contributed by atoms with Gasteiger partial charge in [0.25, 0.3) is 0 Å². The molecule has 30 heavy (non-hydrogen) atoms. The van der Waals surface area contributed by atoms with Gasteiger partial charge in [0.15, 0.2) is 5.96 Å². The fourth-order valence-electron chi connectivity index (χ4n) is 3.54. The molecule has 3 rings (SSSR count). The second-order valence-corrected chi connectivity index (χ2v) is 8.04. The number of nitrogens with one attached hydrogen (secondary N) is 2. The van der Waals surface area contributed by atoms with Crippen molar-refractivity contribution in [3.8, 4) is 5.75 Å². The van der Waals surface area contributed by atoms with Gasteiger partial charge in [0.2, 0.25) is 0 Å². The number of aryl methyl sites for hydroxylation is 1. The van der Waals surface area contributed by atoms with Crippen molar-refractivity contribution in [2.24, 2.45) is 4.99 Å². The van der Waals surface area contributed by atoms with Gasteiger partial charge in [-0.2, -0.15) is 0 Å². The fraction of sp³-hybridized carbons (Fsp3) is 0.500. The molecule has 1 saturated heterocycles. The van der Waals surface area contributed by atoms with Crippen LogP contribution in [0.5, 0.6) is 5.75 Å². The van der Waals surface area contributed by atoms with Gasteiger partial charge in [0, 0.05) is 37.9 Å². The topological polar surface area (TPSA) is 61.8 Å². The molecule has 1 aromatic heterocycles. The number of guanidine groups is 1. The average molecular weight is 410 g/mol. The summed E-state index contributed by atoms with van der Waals surface area (Å²) < 4.78 is 6.00. The van der Waals surface area contributed by atoms with E-state index in [0.717, 1.165) is 42.7 Å². The van der Waals surface area contributed by atoms with E-state index in [-0.39, 0.29) is 6.10 Å². The highest BCUT2D eigenvalue weighted by Crippen LogP contribution is 2.22. The maximum Gasteiger partial charge on any atom is 0.191 e. The molecule has 6 nitrogen and oxygen atoms in total. The molecule has 2 aromatic rings. The van der Waals surface area contributed by atoms with E-state index in [1.54, 1.807) is 0 Å². The van der Waals surface area contributed by atoms with Gasteiger partial charge in [0.1, 0.15) is 11.6 Å². The van der Waals surface area contributed by atoms with E-state index in [0.29, 0.717) is 13.1 Å². The van der Waals surface area contributed by atoms with Crippen molar-refractivity contribution >= 4 is 11.8 Å². The zero-order valence-electron chi connectivity index (χ0n) is 18.7. The van der Waals surface area contributed by atoms with Crippen LogP contribution in [-0.4, -0.2) is 36.7 Å². The van der Waals surface area contributed by atoms with Gasteiger partial charge in [-0.3, -0.25) is 0 Å². The molecule has 2 heterocycles. The summed E-state index contributed by atoms with van der Waals surface area (Å²) in [5, 5.41) is 6.78. The standard InChI is InChI=1S/C24H35N5O/c1-5-25-24(28-17-21-9-8-19(4)14-22(21)30-18(2)3)27-16-20-10-11-26-23(15-20)29-12-6-7-13-29/h8-11,14-15,18H,5-7,12-13,16-17H2,1-4H3,(H2,25,27,28). The second-order valence-electron chi connectivity index (χ2n) is 8.04. The summed E-state index contributed by atoms with van der Waals surface area (Å²) in [7, 11) is 0. The highest BCUT2D eigenvalue weighted by Gasteiger charge is 2.13. The number of aromatic nitrogens is 1. The summed E-state index contributed by atoms with van der Waals surface area (Å²) in [4.78, 5) is 11.7. The van der Waals surface area contributed by atoms with Crippen LogP contribution in [0.3, 0.4) is 0 Å². The Morgan fingerprint density at radius 3 is 2.70 bits per heavy atom. The number of hydrogen-bond donors (Lipinski definition) is 2. The first kappa shape index (κ1) is 21.9. The number of aliphatic imine (C=N–C) groups is 1. The van der Waals surface area contributed by atoms with Crippen LogP contribution in [0.1, 0.15) is 50.3 Å². The third-order valence-electron chi connectivity index (χ3n) is 5.04. The van der Waals surface area contributed by atoms with Gasteiger partial charge < -0.3 is 20.3 Å². The average Bonchev–Trinajstić information content (AvgIpc) is 3.26. The summed E-state index contributed by atoms with van der Waals surface area (Å²) in [6, 6.07) is 10.5. The van der Waals surface area contributed by atoms with Gasteiger partial charge >= 0.3 is 0 Å². The van der Waals surface area contributed by atoms with Crippen molar-refractivity contribution in [2.45, 2.75) is 59.7 Å². The molecule has 2 N–H and O–H groups in total. The number of anilines is 1. The predicted molar refractivity (Wildman–Crippen MR) is 124 cm³/mol. The van der Waals surface area contributed by atoms with Crippen LogP contribution >= 0.6 is 0 Å². The number of hydrogen-bond acceptors (Lipinski definition) is 4. The number of benzene rings is 1. The third kappa shape index (κ3) is 6.37. The Kier molecular flexibility index (Phi) is 7.94. The highest BCUT2D eigenvalue weighted by molar-refractivity contribution is 5.79. The molecule has 1 aliphatic rings. The molecular formula is C24H35N5O. The van der Waals surface area contributed by atoms with Crippen LogP contribution in [0, 0.1) is 6.92 Å². The van der Waals surface area contributed by atoms with Crippen LogP contribution in [0.25, 0.3) is 0 Å². The first-order valence-electron chi connectivity index (χ1n) is 11.0. The summed E-state index contributed by atoms with van der Waals surface area (Å²) in [5.41, 5.74) is 3.49. The zero-order chi connectivity index (χ0) is 21.3. The third-order valence-corrected chi connectivity index (χ3v) is 5.04. The normalized spacial score (nSPS) is 14.3. The first-order chi connectivity index (χ1) is 14.5. The van der Waals surface area contributed by atoms with E-state index in [9.17, 15) is 0 Å². The van der Waals surface area contributed by atoms with Crippen LogP contribution in [0.2, 0.25) is 0 Å². The van der Waals surface area contributed by atoms with Crippen molar-refractivity contribution in [1.82, 2.24) is 15.6 Å². The molecule has 0 saturated carbocycles. The first-order valence-corrected chi connectivity index (χ1v) is 11.0. The van der Waals surface area contributed by atoms with Crippen molar-refractivity contribution in [3.63, 3.8) is 0 Å². The number of ether oxygens (including phenoxy) is 1. The summed E-state index contributed by atoms with van der Waals surface area (Å²) >= 11 is 0. The van der Waals surface area contributed by atoms with Crippen molar-refractivity contribution < 1.29 is 4.74 Å². The maximum atomic E-state index is 6.00. The van der Waals surface area contributed by atoms with Gasteiger partial charge in [-0.15, -0.1) is 0 Å². The molecule has 0 atom stereocenters. The predicted octanol–water partition coefficient (Wildman–Crippen LogP) is 4.03. The summed E-state index contributed by atoms with van der Waals surface area (Å²) in [6.45, 7) is 12.5. The molecule has 6 heteroatoms. The number of pyridine rings is 1. The summed E-state index contributed by atoms with van der Waals surface area (Å²) in [5.74, 6) is 2.79. The molecule has 0 spiro atoms. The molecule has 0 aliphatic carbocycles. The van der Waals surface area contributed by atoms with Gasteiger partial charge in [0.05, 0.1) is 12.6 Å². The molecule has 1 fully saturated rings. The minimum atomic E-state index is 0.143. The second kappa shape index (κ2) is 10.9. The lowest BCUT2D eigenvalue weighted by molar-refractivity contribution is 0.239. The minimum absolute atomic E-state index is 0.143. The SMILES string of the molecule is CCNC(=NCc1ccnc(N2CCCC2)c1)NCc1ccc(C)cc1OC(C)C. The van der Waals surface area contributed by atoms with Crippen LogP contribution < -0.4 is 20.3 Å². The monoisotopic (exact) mass is 409 g/mol. The van der Waals surface area contributed by atoms with Gasteiger partial charge in [-0.25, -0.2) is 9.98 Å². The van der Waals surface area contributed by atoms with Gasteiger partial charge in [-0.1, -0.05) is 12.1 Å². The van der Waals surface area contributed by atoms with Crippen molar-refractivity contribution in [2.75, 3.05) is 24.5 Å². The lowest BCUT2D eigenvalue weighted by Gasteiger charge is -2.17. The minimum Gasteiger partial charge on any atom is -0.491 e. The van der Waals surface area contributed by atoms with Crippen molar-refractivity contribution in [1.29, 1.82) is 0 Å². The Hall–Kier alpha value is -2.76. The van der Waals surface area contributed by atoms with Gasteiger partial charge in [-0.05, 0) is 69.9 Å². The van der Waals surface area contributed by atoms with Crippen LogP contribution in [0.15, 0.2) is 41.5 Å². The lowest BCUT2D eigenvalue weighted by atomic mass is 10.1. The molecule has 1 aromatic carbocycles. The lowest BCUT2D eigenvalue weighted by Crippen LogP contribution is -2.37. The number of rotatable bonds is 8. The Balaban J connectivity index is 1.66. The Labute approximate surface area is 180 Å². The van der Waals surface area contributed by atoms with E-state index in [4.69, 9.17) is 9.73 Å². The molecular weight excluding hydrogens is 374 g/mol. The van der Waals surface area contributed by atoms with Crippen LogP contribution in [0.4, 0.5) is 5.82 Å². The molecule has 0 bridgehead atoms. The zero-order valence-corrected chi connectivity index (χ0v) is 18.7.